The molecule has 0 fully saturated rings. The Bertz CT molecular complexity index is 601. The second-order valence-corrected chi connectivity index (χ2v) is 5.62. The zero-order valence-electron chi connectivity index (χ0n) is 10.1. The number of nitrogens with two attached hydrogens (primary N) is 1. The number of aryl methyl sites for hydroxylation is 1. The van der Waals surface area contributed by atoms with Crippen molar-refractivity contribution in [1.82, 2.24) is 15.2 Å². The number of aromatic amines is 1. The molecule has 0 radical (unpaired) electrons. The quantitative estimate of drug-likeness (QED) is 0.740. The molecule has 2 rings (SSSR count). The second-order valence-electron chi connectivity index (χ2n) is 3.82. The highest BCUT2D eigenvalue weighted by molar-refractivity contribution is 9.10. The fourth-order valence-corrected chi connectivity index (χ4v) is 2.56. The van der Waals surface area contributed by atoms with Crippen molar-refractivity contribution in [3.8, 4) is 0 Å². The molecular weight excluding hydrogens is 330 g/mol. The lowest BCUT2D eigenvalue weighted by Gasteiger charge is -2.07. The van der Waals surface area contributed by atoms with Crippen LogP contribution >= 0.6 is 27.7 Å². The van der Waals surface area contributed by atoms with Crippen LogP contribution in [0.2, 0.25) is 0 Å². The number of nitrogens with zero attached hydrogens (tertiary/aromatic N) is 2. The smallest absolute Gasteiger partial charge is 0.234 e. The number of nitrogen functional groups attached to an aromatic ring is 1. The zero-order chi connectivity index (χ0) is 13.8. The van der Waals surface area contributed by atoms with E-state index in [0.29, 0.717) is 5.16 Å². The zero-order valence-corrected chi connectivity index (χ0v) is 12.5. The van der Waals surface area contributed by atoms with Gasteiger partial charge in [-0.1, -0.05) is 17.8 Å². The average Bonchev–Trinajstić information content (AvgIpc) is 2.76. The maximum absolute atomic E-state index is 11.8. The molecule has 19 heavy (non-hydrogen) atoms. The predicted octanol–water partition coefficient (Wildman–Crippen LogP) is 2.19. The van der Waals surface area contributed by atoms with E-state index in [0.717, 1.165) is 15.7 Å². The molecule has 0 bridgehead atoms. The Morgan fingerprint density at radius 3 is 3.00 bits per heavy atom. The van der Waals surface area contributed by atoms with Gasteiger partial charge in [0.15, 0.2) is 0 Å². The highest BCUT2D eigenvalue weighted by Gasteiger charge is 2.08. The van der Waals surface area contributed by atoms with Gasteiger partial charge in [-0.2, -0.15) is 4.98 Å². The van der Waals surface area contributed by atoms with E-state index in [4.69, 9.17) is 5.73 Å². The van der Waals surface area contributed by atoms with Gasteiger partial charge in [0.2, 0.25) is 17.0 Å². The Balaban J connectivity index is 1.90. The molecule has 1 aromatic carbocycles. The summed E-state index contributed by atoms with van der Waals surface area (Å²) in [6.07, 6.45) is 0. The van der Waals surface area contributed by atoms with Crippen molar-refractivity contribution in [2.24, 2.45) is 0 Å². The molecule has 1 aromatic heterocycles. The number of benzene rings is 1. The number of aromatic nitrogens is 3. The summed E-state index contributed by atoms with van der Waals surface area (Å²) >= 11 is 4.62. The van der Waals surface area contributed by atoms with Crippen molar-refractivity contribution in [1.29, 1.82) is 0 Å². The molecule has 1 heterocycles. The third kappa shape index (κ3) is 3.97. The Kier molecular flexibility index (Phi) is 4.43. The number of hydrogen-bond donors (Lipinski definition) is 3. The largest absolute Gasteiger partial charge is 0.368 e. The van der Waals surface area contributed by atoms with Crippen molar-refractivity contribution in [2.75, 3.05) is 16.8 Å². The van der Waals surface area contributed by atoms with Gasteiger partial charge in [-0.25, -0.2) is 5.10 Å². The first-order valence-corrected chi connectivity index (χ1v) is 7.19. The molecule has 4 N–H and O–H groups in total. The average molecular weight is 342 g/mol. The molecule has 0 atom stereocenters. The molecule has 0 aliphatic carbocycles. The van der Waals surface area contributed by atoms with E-state index in [1.54, 1.807) is 0 Å². The molecule has 0 unspecified atom stereocenters. The molecule has 6 nitrogen and oxygen atoms in total. The van der Waals surface area contributed by atoms with Gasteiger partial charge in [0, 0.05) is 4.47 Å². The normalized spacial score (nSPS) is 10.4. The first kappa shape index (κ1) is 13.9. The number of H-pyrrole nitrogens is 1. The number of carbonyl (C=O) groups is 1. The summed E-state index contributed by atoms with van der Waals surface area (Å²) in [4.78, 5) is 15.7. The van der Waals surface area contributed by atoms with Crippen LogP contribution in [0.25, 0.3) is 0 Å². The second kappa shape index (κ2) is 6.07. The minimum absolute atomic E-state index is 0.127. The summed E-state index contributed by atoms with van der Waals surface area (Å²) in [6.45, 7) is 1.99. The van der Waals surface area contributed by atoms with Gasteiger partial charge in [-0.05, 0) is 40.5 Å². The Hall–Kier alpha value is -1.54. The maximum atomic E-state index is 11.8. The lowest BCUT2D eigenvalue weighted by molar-refractivity contribution is -0.113. The van der Waals surface area contributed by atoms with E-state index in [-0.39, 0.29) is 17.6 Å². The van der Waals surface area contributed by atoms with E-state index in [9.17, 15) is 4.79 Å². The van der Waals surface area contributed by atoms with E-state index < -0.39 is 0 Å². The standard InChI is InChI=1S/C11H12BrN5OS/c1-6-2-3-8(7(12)4-6)14-9(18)5-19-11-15-10(13)16-17-11/h2-4H,5H2,1H3,(H,14,18)(H3,13,15,16,17). The van der Waals surface area contributed by atoms with Gasteiger partial charge < -0.3 is 11.1 Å². The van der Waals surface area contributed by atoms with E-state index in [2.05, 4.69) is 36.4 Å². The Morgan fingerprint density at radius 2 is 2.37 bits per heavy atom. The van der Waals surface area contributed by atoms with Crippen molar-refractivity contribution in [3.63, 3.8) is 0 Å². The van der Waals surface area contributed by atoms with E-state index >= 15 is 0 Å². The topological polar surface area (TPSA) is 96.7 Å². The molecule has 0 spiro atoms. The number of hydrogen-bond acceptors (Lipinski definition) is 5. The molecule has 0 aliphatic rings. The fraction of sp³-hybridized carbons (Fsp3) is 0.182. The van der Waals surface area contributed by atoms with Crippen molar-refractivity contribution in [2.45, 2.75) is 12.1 Å². The number of amides is 1. The maximum Gasteiger partial charge on any atom is 0.234 e. The molecule has 0 saturated heterocycles. The van der Waals surface area contributed by atoms with E-state index in [1.165, 1.54) is 11.8 Å². The molecule has 0 aliphatic heterocycles. The van der Waals surface area contributed by atoms with Crippen LogP contribution in [0.5, 0.6) is 0 Å². The molecule has 2 aromatic rings. The Labute approximate surface area is 122 Å². The number of thioether (sulfide) groups is 1. The Morgan fingerprint density at radius 1 is 1.58 bits per heavy atom. The number of carbonyl (C=O) groups excluding carboxylic acids is 1. The summed E-state index contributed by atoms with van der Waals surface area (Å²) < 4.78 is 0.855. The molecule has 1 amide bonds. The highest BCUT2D eigenvalue weighted by Crippen LogP contribution is 2.23. The van der Waals surface area contributed by atoms with Gasteiger partial charge >= 0.3 is 0 Å². The van der Waals surface area contributed by atoms with E-state index in [1.807, 2.05) is 25.1 Å². The summed E-state index contributed by atoms with van der Waals surface area (Å²) in [7, 11) is 0. The fourth-order valence-electron chi connectivity index (χ4n) is 1.36. The monoisotopic (exact) mass is 341 g/mol. The predicted molar refractivity (Wildman–Crippen MR) is 79.0 cm³/mol. The third-order valence-electron chi connectivity index (χ3n) is 2.21. The summed E-state index contributed by atoms with van der Waals surface area (Å²) in [5.41, 5.74) is 7.26. The van der Waals surface area contributed by atoms with Crippen LogP contribution in [0.3, 0.4) is 0 Å². The van der Waals surface area contributed by atoms with Crippen LogP contribution in [0, 0.1) is 6.92 Å². The van der Waals surface area contributed by atoms with Crippen LogP contribution in [-0.4, -0.2) is 26.8 Å². The van der Waals surface area contributed by atoms with Crippen LogP contribution < -0.4 is 11.1 Å². The first-order valence-electron chi connectivity index (χ1n) is 5.41. The molecule has 100 valence electrons. The van der Waals surface area contributed by atoms with Gasteiger partial charge in [0.25, 0.3) is 0 Å². The van der Waals surface area contributed by atoms with Gasteiger partial charge in [0.1, 0.15) is 0 Å². The van der Waals surface area contributed by atoms with Crippen molar-refractivity contribution in [3.05, 3.63) is 28.2 Å². The summed E-state index contributed by atoms with van der Waals surface area (Å²) in [5.74, 6) is 0.333. The SMILES string of the molecule is Cc1ccc(NC(=O)CSc2n[nH]c(N)n2)c(Br)c1. The van der Waals surface area contributed by atoms with Crippen LogP contribution in [-0.2, 0) is 4.79 Å². The number of halogens is 1. The first-order chi connectivity index (χ1) is 9.04. The third-order valence-corrected chi connectivity index (χ3v) is 3.72. The van der Waals surface area contributed by atoms with Gasteiger partial charge in [-0.15, -0.1) is 5.10 Å². The number of nitrogens with one attached hydrogen (secondary N) is 2. The van der Waals surface area contributed by atoms with Crippen molar-refractivity contribution >= 4 is 45.2 Å². The summed E-state index contributed by atoms with van der Waals surface area (Å²) in [5, 5.41) is 9.62. The molecule has 0 saturated carbocycles. The highest BCUT2D eigenvalue weighted by atomic mass is 79.9. The van der Waals surface area contributed by atoms with Gasteiger partial charge in [0.05, 0.1) is 11.4 Å². The van der Waals surface area contributed by atoms with Gasteiger partial charge in [-0.3, -0.25) is 4.79 Å². The molecular formula is C11H12BrN5OS. The number of rotatable bonds is 4. The molecule has 8 heteroatoms. The lowest BCUT2D eigenvalue weighted by atomic mass is 10.2. The van der Waals surface area contributed by atoms with Crippen molar-refractivity contribution < 1.29 is 4.79 Å². The number of anilines is 2. The minimum atomic E-state index is -0.127. The minimum Gasteiger partial charge on any atom is -0.368 e. The van der Waals surface area contributed by atoms with Crippen LogP contribution in [0.15, 0.2) is 27.8 Å². The lowest BCUT2D eigenvalue weighted by Crippen LogP contribution is -2.14. The van der Waals surface area contributed by atoms with Crippen LogP contribution in [0.1, 0.15) is 5.56 Å². The van der Waals surface area contributed by atoms with Crippen LogP contribution in [0.4, 0.5) is 11.6 Å². The summed E-state index contributed by atoms with van der Waals surface area (Å²) in [6, 6.07) is 5.73.